The Balaban J connectivity index is 2.05. The van der Waals surface area contributed by atoms with E-state index in [0.717, 1.165) is 16.7 Å². The number of carbonyl (C=O) groups excluding carboxylic acids is 1. The number of aromatic nitrogens is 1. The number of nitro groups is 1. The number of aryl methyl sites for hydroxylation is 1. The van der Waals surface area contributed by atoms with E-state index in [1.54, 1.807) is 43.2 Å². The highest BCUT2D eigenvalue weighted by Gasteiger charge is 2.34. The Morgan fingerprint density at radius 2 is 2.15 bits per heavy atom. The lowest BCUT2D eigenvalue weighted by Crippen LogP contribution is -2.31. The number of nitrogens with zero attached hydrogens (tertiary/aromatic N) is 3. The smallest absolute Gasteiger partial charge is 0.272 e. The molecule has 0 radical (unpaired) electrons. The van der Waals surface area contributed by atoms with E-state index in [-0.39, 0.29) is 21.9 Å². The second-order valence-corrected chi connectivity index (χ2v) is 7.89. The fourth-order valence-electron chi connectivity index (χ4n) is 3.14. The quantitative estimate of drug-likeness (QED) is 0.582. The Morgan fingerprint density at radius 3 is 2.85 bits per heavy atom. The lowest BCUT2D eigenvalue weighted by Gasteiger charge is -2.27. The number of benzene rings is 1. The molecule has 0 spiro atoms. The summed E-state index contributed by atoms with van der Waals surface area (Å²) in [7, 11) is 0. The van der Waals surface area contributed by atoms with E-state index in [1.165, 1.54) is 0 Å². The van der Waals surface area contributed by atoms with Crippen LogP contribution in [0.1, 0.15) is 30.3 Å². The third-order valence-corrected chi connectivity index (χ3v) is 5.60. The van der Waals surface area contributed by atoms with E-state index < -0.39 is 0 Å². The molecule has 6 nitrogen and oxygen atoms in total. The Kier molecular flexibility index (Phi) is 5.27. The molecule has 1 unspecified atom stereocenters. The van der Waals surface area contributed by atoms with Crippen LogP contribution in [0.2, 0.25) is 0 Å². The average molecular weight is 371 g/mol. The molecule has 1 aromatic heterocycles. The van der Waals surface area contributed by atoms with Gasteiger partial charge in [-0.1, -0.05) is 26.0 Å². The summed E-state index contributed by atoms with van der Waals surface area (Å²) in [5.74, 6) is 0.930. The van der Waals surface area contributed by atoms with Crippen molar-refractivity contribution in [2.75, 3.05) is 12.3 Å². The first-order valence-electron chi connectivity index (χ1n) is 8.49. The van der Waals surface area contributed by atoms with Crippen LogP contribution in [0.15, 0.2) is 36.7 Å². The van der Waals surface area contributed by atoms with E-state index in [9.17, 15) is 14.9 Å². The first kappa shape index (κ1) is 18.4. The summed E-state index contributed by atoms with van der Waals surface area (Å²) in [5, 5.41) is 11.2. The first-order chi connectivity index (χ1) is 12.4. The molecule has 136 valence electrons. The molecule has 0 N–H and O–H groups in total. The highest BCUT2D eigenvalue weighted by Crippen LogP contribution is 2.43. The van der Waals surface area contributed by atoms with Crippen molar-refractivity contribution in [3.05, 3.63) is 57.9 Å². The number of carbonyl (C=O) groups is 1. The molecule has 2 heterocycles. The van der Waals surface area contributed by atoms with Crippen LogP contribution in [0.5, 0.6) is 0 Å². The van der Waals surface area contributed by atoms with Crippen LogP contribution in [0.4, 0.5) is 5.69 Å². The topological polar surface area (TPSA) is 76.3 Å². The van der Waals surface area contributed by atoms with Crippen LogP contribution < -0.4 is 0 Å². The minimum atomic E-state index is -0.362. The van der Waals surface area contributed by atoms with Crippen LogP contribution in [-0.2, 0) is 4.79 Å². The Bertz CT molecular complexity index is 854. The van der Waals surface area contributed by atoms with Gasteiger partial charge in [0.05, 0.1) is 10.7 Å². The molecule has 0 saturated carbocycles. The van der Waals surface area contributed by atoms with Crippen molar-refractivity contribution in [1.29, 1.82) is 0 Å². The Morgan fingerprint density at radius 1 is 1.38 bits per heavy atom. The maximum absolute atomic E-state index is 12.3. The van der Waals surface area contributed by atoms with E-state index >= 15 is 0 Å². The zero-order valence-corrected chi connectivity index (χ0v) is 15.8. The highest BCUT2D eigenvalue weighted by atomic mass is 32.2. The van der Waals surface area contributed by atoms with Crippen LogP contribution in [0, 0.1) is 23.0 Å². The summed E-state index contributed by atoms with van der Waals surface area (Å²) in [6.07, 6.45) is 3.45. The summed E-state index contributed by atoms with van der Waals surface area (Å²) >= 11 is 1.58. The molecule has 1 aliphatic rings. The van der Waals surface area contributed by atoms with Gasteiger partial charge >= 0.3 is 0 Å². The summed E-state index contributed by atoms with van der Waals surface area (Å²) in [5.41, 5.74) is 3.29. The van der Waals surface area contributed by atoms with Crippen molar-refractivity contribution in [3.63, 3.8) is 0 Å². The van der Waals surface area contributed by atoms with Crippen molar-refractivity contribution in [1.82, 2.24) is 9.88 Å². The maximum atomic E-state index is 12.3. The van der Waals surface area contributed by atoms with Crippen molar-refractivity contribution < 1.29 is 9.72 Å². The van der Waals surface area contributed by atoms with E-state index in [2.05, 4.69) is 18.8 Å². The number of nitro benzene ring substituents is 1. The minimum Gasteiger partial charge on any atom is -0.325 e. The van der Waals surface area contributed by atoms with Crippen LogP contribution >= 0.6 is 11.8 Å². The third-order valence-electron chi connectivity index (χ3n) is 4.36. The van der Waals surface area contributed by atoms with Gasteiger partial charge in [-0.3, -0.25) is 19.9 Å². The number of rotatable bonds is 5. The first-order valence-corrected chi connectivity index (χ1v) is 9.53. The second-order valence-electron chi connectivity index (χ2n) is 6.82. The van der Waals surface area contributed by atoms with Crippen molar-refractivity contribution >= 4 is 23.4 Å². The van der Waals surface area contributed by atoms with Crippen molar-refractivity contribution in [3.8, 4) is 11.1 Å². The largest absolute Gasteiger partial charge is 0.325 e. The Hall–Kier alpha value is -2.41. The van der Waals surface area contributed by atoms with Gasteiger partial charge in [0.25, 0.3) is 5.69 Å². The highest BCUT2D eigenvalue weighted by molar-refractivity contribution is 8.00. The third kappa shape index (κ3) is 3.58. The minimum absolute atomic E-state index is 0.0967. The molecule has 1 aliphatic heterocycles. The number of pyridine rings is 1. The molecular weight excluding hydrogens is 350 g/mol. The lowest BCUT2D eigenvalue weighted by molar-refractivity contribution is -0.385. The summed E-state index contributed by atoms with van der Waals surface area (Å²) in [6.45, 7) is 6.58. The number of hydrogen-bond acceptors (Lipinski definition) is 5. The number of hydrogen-bond donors (Lipinski definition) is 0. The van der Waals surface area contributed by atoms with Gasteiger partial charge in [0.15, 0.2) is 0 Å². The molecule has 1 atom stereocenters. The van der Waals surface area contributed by atoms with Gasteiger partial charge in [0, 0.05) is 36.1 Å². The lowest BCUT2D eigenvalue weighted by atomic mass is 9.99. The fourth-order valence-corrected chi connectivity index (χ4v) is 4.36. The van der Waals surface area contributed by atoms with Crippen LogP contribution in [0.25, 0.3) is 11.1 Å². The average Bonchev–Trinajstić information content (AvgIpc) is 2.95. The molecular formula is C19H21N3O3S. The summed E-state index contributed by atoms with van der Waals surface area (Å²) < 4.78 is 0. The second kappa shape index (κ2) is 7.45. The molecule has 1 fully saturated rings. The SMILES string of the molecule is Cc1ccc(-c2ccncc2C2SCC(=O)N2CC(C)C)cc1[N+](=O)[O-]. The fraction of sp³-hybridized carbons (Fsp3) is 0.368. The van der Waals surface area contributed by atoms with Gasteiger partial charge in [-0.2, -0.15) is 0 Å². The molecule has 0 aliphatic carbocycles. The van der Waals surface area contributed by atoms with Gasteiger partial charge in [-0.25, -0.2) is 0 Å². The molecule has 0 bridgehead atoms. The normalized spacial score (nSPS) is 17.2. The zero-order chi connectivity index (χ0) is 18.8. The predicted molar refractivity (Wildman–Crippen MR) is 103 cm³/mol. The molecule has 1 saturated heterocycles. The van der Waals surface area contributed by atoms with Gasteiger partial charge in [0.1, 0.15) is 5.37 Å². The van der Waals surface area contributed by atoms with Crippen LogP contribution in [0.3, 0.4) is 0 Å². The van der Waals surface area contributed by atoms with Crippen molar-refractivity contribution in [2.45, 2.75) is 26.1 Å². The molecule has 1 aromatic carbocycles. The standard InChI is InChI=1S/C19H21N3O3S/c1-12(2)10-21-18(23)11-26-19(21)16-9-20-7-6-15(16)14-5-4-13(3)17(8-14)22(24)25/h4-9,12,19H,10-11H2,1-3H3. The Labute approximate surface area is 156 Å². The van der Waals surface area contributed by atoms with E-state index in [4.69, 9.17) is 0 Å². The number of amides is 1. The molecule has 7 heteroatoms. The van der Waals surface area contributed by atoms with Crippen LogP contribution in [-0.4, -0.2) is 33.0 Å². The molecule has 1 amide bonds. The number of thioether (sulfide) groups is 1. The summed E-state index contributed by atoms with van der Waals surface area (Å²) in [6, 6.07) is 7.11. The maximum Gasteiger partial charge on any atom is 0.272 e. The monoisotopic (exact) mass is 371 g/mol. The van der Waals surface area contributed by atoms with Gasteiger partial charge in [-0.15, -0.1) is 11.8 Å². The van der Waals surface area contributed by atoms with Gasteiger partial charge < -0.3 is 4.90 Å². The predicted octanol–water partition coefficient (Wildman–Crippen LogP) is 4.20. The summed E-state index contributed by atoms with van der Waals surface area (Å²) in [4.78, 5) is 29.4. The molecule has 26 heavy (non-hydrogen) atoms. The molecule has 2 aromatic rings. The van der Waals surface area contributed by atoms with Crippen molar-refractivity contribution in [2.24, 2.45) is 5.92 Å². The zero-order valence-electron chi connectivity index (χ0n) is 15.0. The van der Waals surface area contributed by atoms with E-state index in [1.807, 2.05) is 17.0 Å². The van der Waals surface area contributed by atoms with Gasteiger partial charge in [0.2, 0.25) is 5.91 Å². The van der Waals surface area contributed by atoms with Gasteiger partial charge in [-0.05, 0) is 30.0 Å². The van der Waals surface area contributed by atoms with E-state index in [0.29, 0.717) is 23.8 Å². The molecule has 3 rings (SSSR count).